The molecule has 0 aliphatic carbocycles. The molecule has 136 valence electrons. The van der Waals surface area contributed by atoms with E-state index in [1.807, 2.05) is 0 Å². The lowest BCUT2D eigenvalue weighted by Crippen LogP contribution is -2.24. The number of amides is 1. The van der Waals surface area contributed by atoms with Gasteiger partial charge in [-0.3, -0.25) is 9.52 Å². The largest absolute Gasteiger partial charge is 0.284 e. The van der Waals surface area contributed by atoms with E-state index in [1.165, 1.54) is 24.1 Å². The van der Waals surface area contributed by atoms with Crippen LogP contribution in [0, 0.1) is 5.82 Å². The van der Waals surface area contributed by atoms with Gasteiger partial charge in [-0.1, -0.05) is 24.3 Å². The fraction of sp³-hybridized carbons (Fsp3) is 0.222. The molecule has 0 aromatic heterocycles. The van der Waals surface area contributed by atoms with Gasteiger partial charge in [-0.15, -0.1) is 0 Å². The van der Waals surface area contributed by atoms with Crippen molar-refractivity contribution in [2.75, 3.05) is 11.0 Å². The van der Waals surface area contributed by atoms with E-state index in [2.05, 4.69) is 9.82 Å². The molecule has 1 aliphatic heterocycles. The van der Waals surface area contributed by atoms with Crippen LogP contribution in [0.4, 0.5) is 10.1 Å². The Kier molecular flexibility index (Phi) is 4.78. The molecule has 0 radical (unpaired) electrons. The van der Waals surface area contributed by atoms with Gasteiger partial charge in [-0.25, -0.2) is 17.8 Å². The fourth-order valence-electron chi connectivity index (χ4n) is 2.92. The Morgan fingerprint density at radius 1 is 1.23 bits per heavy atom. The number of nitrogens with one attached hydrogen (secondary N) is 1. The summed E-state index contributed by atoms with van der Waals surface area (Å²) < 4.78 is 38.8. The average Bonchev–Trinajstić information content (AvgIpc) is 2.99. The van der Waals surface area contributed by atoms with Gasteiger partial charge in [0.25, 0.3) is 0 Å². The van der Waals surface area contributed by atoms with Gasteiger partial charge in [0.05, 0.1) is 18.0 Å². The molecule has 0 saturated carbocycles. The van der Waals surface area contributed by atoms with Crippen LogP contribution in [0.1, 0.15) is 30.5 Å². The predicted molar refractivity (Wildman–Crippen MR) is 97.7 cm³/mol. The van der Waals surface area contributed by atoms with Gasteiger partial charge in [0.1, 0.15) is 5.82 Å². The maximum atomic E-state index is 13.6. The number of benzene rings is 2. The molecule has 1 atom stereocenters. The number of sulfonamides is 1. The normalized spacial score (nSPS) is 17.1. The summed E-state index contributed by atoms with van der Waals surface area (Å²) in [6, 6.07) is 12.5. The summed E-state index contributed by atoms with van der Waals surface area (Å²) in [5.74, 6) is -0.626. The third-order valence-electron chi connectivity index (χ3n) is 3.97. The Balaban J connectivity index is 1.93. The number of nitrogens with zero attached hydrogens (tertiary/aromatic N) is 2. The lowest BCUT2D eigenvalue weighted by Gasteiger charge is -2.20. The summed E-state index contributed by atoms with van der Waals surface area (Å²) in [4.78, 5) is 12.0. The molecule has 0 fully saturated rings. The second-order valence-corrected chi connectivity index (χ2v) is 7.89. The number of hydrazone groups is 1. The van der Waals surface area contributed by atoms with E-state index in [0.29, 0.717) is 28.9 Å². The molecule has 8 heteroatoms. The van der Waals surface area contributed by atoms with E-state index >= 15 is 0 Å². The van der Waals surface area contributed by atoms with Crippen LogP contribution in [0.3, 0.4) is 0 Å². The SMILES string of the molecule is CC(=O)N1N=C(c2cccc(NS(C)(=O)=O)c2)C[C@H]1c1cccc(F)c1. The zero-order chi connectivity index (χ0) is 18.9. The van der Waals surface area contributed by atoms with Crippen molar-refractivity contribution >= 4 is 27.3 Å². The number of hydrogen-bond acceptors (Lipinski definition) is 4. The zero-order valence-electron chi connectivity index (χ0n) is 14.3. The van der Waals surface area contributed by atoms with Crippen LogP contribution < -0.4 is 4.72 Å². The van der Waals surface area contributed by atoms with Crippen molar-refractivity contribution in [1.82, 2.24) is 5.01 Å². The van der Waals surface area contributed by atoms with Gasteiger partial charge in [0.2, 0.25) is 15.9 Å². The third-order valence-corrected chi connectivity index (χ3v) is 4.57. The van der Waals surface area contributed by atoms with E-state index in [-0.39, 0.29) is 11.7 Å². The number of halogens is 1. The van der Waals surface area contributed by atoms with E-state index < -0.39 is 16.1 Å². The highest BCUT2D eigenvalue weighted by Gasteiger charge is 2.31. The van der Waals surface area contributed by atoms with Crippen LogP contribution in [0.5, 0.6) is 0 Å². The number of rotatable bonds is 4. The minimum Gasteiger partial charge on any atom is -0.284 e. The van der Waals surface area contributed by atoms with Gasteiger partial charge in [0, 0.05) is 19.0 Å². The van der Waals surface area contributed by atoms with Crippen LogP contribution in [0.2, 0.25) is 0 Å². The van der Waals surface area contributed by atoms with E-state index in [9.17, 15) is 17.6 Å². The maximum absolute atomic E-state index is 13.6. The lowest BCUT2D eigenvalue weighted by atomic mass is 9.98. The molecule has 1 N–H and O–H groups in total. The minimum absolute atomic E-state index is 0.250. The van der Waals surface area contributed by atoms with Crippen LogP contribution in [0.25, 0.3) is 0 Å². The quantitative estimate of drug-likeness (QED) is 0.892. The van der Waals surface area contributed by atoms with Crippen molar-refractivity contribution in [2.24, 2.45) is 5.10 Å². The van der Waals surface area contributed by atoms with Crippen LogP contribution in [-0.2, 0) is 14.8 Å². The van der Waals surface area contributed by atoms with Crippen molar-refractivity contribution < 1.29 is 17.6 Å². The Labute approximate surface area is 151 Å². The van der Waals surface area contributed by atoms with Gasteiger partial charge < -0.3 is 0 Å². The van der Waals surface area contributed by atoms with E-state index in [1.54, 1.807) is 36.4 Å². The molecule has 0 unspecified atom stereocenters. The smallest absolute Gasteiger partial charge is 0.240 e. The molecule has 0 saturated heterocycles. The Morgan fingerprint density at radius 2 is 1.96 bits per heavy atom. The van der Waals surface area contributed by atoms with Crippen molar-refractivity contribution in [1.29, 1.82) is 0 Å². The molecule has 1 aliphatic rings. The van der Waals surface area contributed by atoms with E-state index in [4.69, 9.17) is 0 Å². The third kappa shape index (κ3) is 4.08. The summed E-state index contributed by atoms with van der Waals surface area (Å²) in [6.07, 6.45) is 1.48. The molecule has 1 heterocycles. The van der Waals surface area contributed by atoms with E-state index in [0.717, 1.165) is 6.26 Å². The molecular formula is C18H18FN3O3S. The standard InChI is InChI=1S/C18H18FN3O3S/c1-12(23)22-18(14-6-3-7-15(19)9-14)11-17(20-22)13-5-4-8-16(10-13)21-26(2,24)25/h3-10,18,21H,11H2,1-2H3/t18-/m0/s1. The summed E-state index contributed by atoms with van der Waals surface area (Å²) >= 11 is 0. The van der Waals surface area contributed by atoms with Crippen molar-refractivity contribution in [3.05, 3.63) is 65.5 Å². The van der Waals surface area contributed by atoms with Crippen molar-refractivity contribution in [3.63, 3.8) is 0 Å². The predicted octanol–water partition coefficient (Wildman–Crippen LogP) is 2.89. The number of carbonyl (C=O) groups excluding carboxylic acids is 1. The summed E-state index contributed by atoms with van der Waals surface area (Å²) in [5.41, 5.74) is 2.40. The molecule has 26 heavy (non-hydrogen) atoms. The Hall–Kier alpha value is -2.74. The average molecular weight is 375 g/mol. The first kappa shape index (κ1) is 18.1. The first-order valence-electron chi connectivity index (χ1n) is 7.94. The van der Waals surface area contributed by atoms with Gasteiger partial charge in [-0.05, 0) is 35.4 Å². The van der Waals surface area contributed by atoms with Gasteiger partial charge >= 0.3 is 0 Å². The van der Waals surface area contributed by atoms with Crippen LogP contribution in [-0.4, -0.2) is 31.3 Å². The second-order valence-electron chi connectivity index (χ2n) is 6.14. The molecule has 2 aromatic rings. The first-order valence-corrected chi connectivity index (χ1v) is 9.83. The summed E-state index contributed by atoms with van der Waals surface area (Å²) in [5, 5.41) is 5.72. The minimum atomic E-state index is -3.40. The molecule has 1 amide bonds. The Bertz CT molecular complexity index is 989. The maximum Gasteiger partial charge on any atom is 0.240 e. The molecular weight excluding hydrogens is 357 g/mol. The van der Waals surface area contributed by atoms with Crippen LogP contribution >= 0.6 is 0 Å². The second kappa shape index (κ2) is 6.87. The highest BCUT2D eigenvalue weighted by Crippen LogP contribution is 2.33. The highest BCUT2D eigenvalue weighted by molar-refractivity contribution is 7.92. The lowest BCUT2D eigenvalue weighted by molar-refractivity contribution is -0.130. The summed E-state index contributed by atoms with van der Waals surface area (Å²) in [7, 11) is -3.40. The number of hydrogen-bond donors (Lipinski definition) is 1. The van der Waals surface area contributed by atoms with Crippen molar-refractivity contribution in [2.45, 2.75) is 19.4 Å². The Morgan fingerprint density at radius 3 is 2.62 bits per heavy atom. The fourth-order valence-corrected chi connectivity index (χ4v) is 3.48. The van der Waals surface area contributed by atoms with Crippen molar-refractivity contribution in [3.8, 4) is 0 Å². The molecule has 2 aromatic carbocycles. The topological polar surface area (TPSA) is 78.8 Å². The molecule has 3 rings (SSSR count). The first-order chi connectivity index (χ1) is 12.2. The molecule has 6 nitrogen and oxygen atoms in total. The number of carbonyl (C=O) groups is 1. The number of anilines is 1. The monoisotopic (exact) mass is 375 g/mol. The van der Waals surface area contributed by atoms with Crippen LogP contribution in [0.15, 0.2) is 53.6 Å². The van der Waals surface area contributed by atoms with Gasteiger partial charge in [0.15, 0.2) is 0 Å². The molecule has 0 bridgehead atoms. The van der Waals surface area contributed by atoms with Gasteiger partial charge in [-0.2, -0.15) is 5.10 Å². The summed E-state index contributed by atoms with van der Waals surface area (Å²) in [6.45, 7) is 1.40. The highest BCUT2D eigenvalue weighted by atomic mass is 32.2. The zero-order valence-corrected chi connectivity index (χ0v) is 15.1. The molecule has 0 spiro atoms.